The van der Waals surface area contributed by atoms with Gasteiger partial charge in [-0.05, 0) is 55.8 Å². The number of halogens is 1. The van der Waals surface area contributed by atoms with Gasteiger partial charge in [0.15, 0.2) is 0 Å². The van der Waals surface area contributed by atoms with E-state index in [1.807, 2.05) is 55.5 Å². The highest BCUT2D eigenvalue weighted by Gasteiger charge is 2.41. The lowest BCUT2D eigenvalue weighted by molar-refractivity contribution is -0.146. The molecule has 1 aliphatic rings. The summed E-state index contributed by atoms with van der Waals surface area (Å²) in [6, 6.07) is 21.2. The highest BCUT2D eigenvalue weighted by atomic mass is 19.1. The topological polar surface area (TPSA) is 92.6 Å². The summed E-state index contributed by atoms with van der Waals surface area (Å²) in [6.45, 7) is 6.32. The van der Waals surface area contributed by atoms with Gasteiger partial charge in [0, 0.05) is 36.6 Å². The Balaban J connectivity index is 1.41. The number of anilines is 2. The number of nitrogens with one attached hydrogen (secondary N) is 1. The van der Waals surface area contributed by atoms with Crippen molar-refractivity contribution in [2.45, 2.75) is 38.9 Å². The first-order valence-electron chi connectivity index (χ1n) is 13.5. The Hall–Kier alpha value is -4.31. The zero-order valence-electron chi connectivity index (χ0n) is 22.7. The van der Waals surface area contributed by atoms with Crippen molar-refractivity contribution in [1.82, 2.24) is 19.9 Å². The summed E-state index contributed by atoms with van der Waals surface area (Å²) >= 11 is 0. The van der Waals surface area contributed by atoms with Gasteiger partial charge in [-0.1, -0.05) is 42.5 Å². The van der Waals surface area contributed by atoms with E-state index in [1.165, 1.54) is 15.6 Å². The van der Waals surface area contributed by atoms with Crippen molar-refractivity contribution in [3.05, 3.63) is 84.2 Å². The molecule has 208 valence electrons. The van der Waals surface area contributed by atoms with Gasteiger partial charge in [0.2, 0.25) is 11.8 Å². The second-order valence-corrected chi connectivity index (χ2v) is 10.0. The summed E-state index contributed by atoms with van der Waals surface area (Å²) in [6.07, 6.45) is 0.309. The second-order valence-electron chi connectivity index (χ2n) is 10.0. The number of aromatic nitrogens is 3. The van der Waals surface area contributed by atoms with E-state index in [1.54, 1.807) is 25.1 Å². The molecule has 0 unspecified atom stereocenters. The molecule has 0 bridgehead atoms. The second kappa shape index (κ2) is 11.8. The normalized spacial score (nSPS) is 15.0. The number of amides is 2. The molecule has 0 radical (unpaired) electrons. The molecule has 0 aliphatic carbocycles. The number of carbonyl (C=O) groups excluding carboxylic acids is 2. The van der Waals surface area contributed by atoms with Crippen molar-refractivity contribution in [3.63, 3.8) is 0 Å². The quantitative estimate of drug-likeness (QED) is 0.339. The number of ether oxygens (including phenoxy) is 1. The van der Waals surface area contributed by atoms with Gasteiger partial charge in [-0.3, -0.25) is 9.59 Å². The first-order chi connectivity index (χ1) is 19.4. The molecule has 5 rings (SSSR count). The molecule has 9 nitrogen and oxygen atoms in total. The highest BCUT2D eigenvalue weighted by Crippen LogP contribution is 2.27. The Morgan fingerprint density at radius 1 is 1.02 bits per heavy atom. The van der Waals surface area contributed by atoms with Crippen molar-refractivity contribution < 1.29 is 18.7 Å². The summed E-state index contributed by atoms with van der Waals surface area (Å²) < 4.78 is 21.7. The van der Waals surface area contributed by atoms with Crippen molar-refractivity contribution in [2.75, 3.05) is 36.5 Å². The lowest BCUT2D eigenvalue weighted by atomic mass is 9.93. The van der Waals surface area contributed by atoms with E-state index in [4.69, 9.17) is 4.74 Å². The largest absolute Gasteiger partial charge is 0.378 e. The van der Waals surface area contributed by atoms with Crippen LogP contribution in [0.15, 0.2) is 72.8 Å². The van der Waals surface area contributed by atoms with Crippen LogP contribution in [-0.4, -0.2) is 63.6 Å². The third kappa shape index (κ3) is 5.67. The Bertz CT molecular complexity index is 1480. The van der Waals surface area contributed by atoms with Gasteiger partial charge in [-0.25, -0.2) is 9.07 Å². The van der Waals surface area contributed by atoms with Crippen LogP contribution in [0.4, 0.5) is 15.8 Å². The number of fused-ring (bicyclic) bond motifs is 1. The number of morpholine rings is 1. The molecule has 40 heavy (non-hydrogen) atoms. The van der Waals surface area contributed by atoms with E-state index in [2.05, 4.69) is 20.5 Å². The number of rotatable bonds is 9. The average molecular weight is 545 g/mol. The van der Waals surface area contributed by atoms with Crippen molar-refractivity contribution >= 4 is 34.2 Å². The van der Waals surface area contributed by atoms with Crippen LogP contribution in [0.1, 0.15) is 25.8 Å². The molecule has 1 aliphatic heterocycles. The average Bonchev–Trinajstić information content (AvgIpc) is 3.39. The van der Waals surface area contributed by atoms with Gasteiger partial charge in [-0.15, -0.1) is 5.10 Å². The fourth-order valence-corrected chi connectivity index (χ4v) is 4.90. The molecule has 1 aromatic heterocycles. The molecule has 1 N–H and O–H groups in total. The Morgan fingerprint density at radius 3 is 2.45 bits per heavy atom. The molecular formula is C30H33FN6O3. The number of nitrogens with zero attached hydrogens (tertiary/aromatic N) is 5. The third-order valence-corrected chi connectivity index (χ3v) is 7.57. The van der Waals surface area contributed by atoms with Gasteiger partial charge in [0.1, 0.15) is 23.4 Å². The number of benzene rings is 3. The summed E-state index contributed by atoms with van der Waals surface area (Å²) in [7, 11) is 0. The minimum absolute atomic E-state index is 0.0775. The van der Waals surface area contributed by atoms with Crippen LogP contribution in [0.5, 0.6) is 0 Å². The molecule has 1 saturated heterocycles. The van der Waals surface area contributed by atoms with Crippen molar-refractivity contribution in [3.8, 4) is 0 Å². The van der Waals surface area contributed by atoms with Crippen molar-refractivity contribution in [2.24, 2.45) is 0 Å². The SMILES string of the molecule is CC[C@](C)(C(=O)Nc1ccc(N2CCOCC2)cc1)N(Cc1ccccc1F)C(=O)Cn1nnc2ccccc21. The van der Waals surface area contributed by atoms with Crippen LogP contribution in [0, 0.1) is 5.82 Å². The standard InChI is InChI=1S/C30H33FN6O3/c1-3-30(2,29(39)32-23-12-14-24(15-13-23)35-16-18-40-19-17-35)36(20-22-8-4-5-9-25(22)31)28(38)21-37-27-11-7-6-10-26(27)33-34-37/h4-15H,3,16-21H2,1-2H3,(H,32,39)/t30-/m1/s1. The molecule has 10 heteroatoms. The van der Waals surface area contributed by atoms with Crippen LogP contribution < -0.4 is 10.2 Å². The van der Waals surface area contributed by atoms with Gasteiger partial charge in [0.25, 0.3) is 0 Å². The number of para-hydroxylation sites is 1. The summed E-state index contributed by atoms with van der Waals surface area (Å²) in [5.41, 5.74) is 2.07. The van der Waals surface area contributed by atoms with E-state index in [9.17, 15) is 14.0 Å². The van der Waals surface area contributed by atoms with Gasteiger partial charge < -0.3 is 19.9 Å². The maximum atomic E-state index is 14.8. The predicted molar refractivity (Wildman–Crippen MR) is 151 cm³/mol. The monoisotopic (exact) mass is 544 g/mol. The lowest BCUT2D eigenvalue weighted by Crippen LogP contribution is -2.57. The number of hydrogen-bond acceptors (Lipinski definition) is 6. The minimum atomic E-state index is -1.28. The van der Waals surface area contributed by atoms with E-state index in [0.717, 1.165) is 18.8 Å². The maximum absolute atomic E-state index is 14.8. The van der Waals surface area contributed by atoms with E-state index < -0.39 is 11.4 Å². The van der Waals surface area contributed by atoms with Crippen LogP contribution >= 0.6 is 0 Å². The molecule has 3 aromatic carbocycles. The molecule has 0 spiro atoms. The van der Waals surface area contributed by atoms with Gasteiger partial charge in [0.05, 0.1) is 18.7 Å². The minimum Gasteiger partial charge on any atom is -0.378 e. The van der Waals surface area contributed by atoms with Crippen LogP contribution in [0.2, 0.25) is 0 Å². The molecule has 0 saturated carbocycles. The van der Waals surface area contributed by atoms with E-state index in [-0.39, 0.29) is 24.9 Å². The summed E-state index contributed by atoms with van der Waals surface area (Å²) in [5.74, 6) is -1.17. The molecule has 2 heterocycles. The lowest BCUT2D eigenvalue weighted by Gasteiger charge is -2.39. The summed E-state index contributed by atoms with van der Waals surface area (Å²) in [4.78, 5) is 31.4. The van der Waals surface area contributed by atoms with E-state index in [0.29, 0.717) is 41.9 Å². The fourth-order valence-electron chi connectivity index (χ4n) is 4.90. The van der Waals surface area contributed by atoms with Crippen LogP contribution in [0.25, 0.3) is 11.0 Å². The molecule has 2 amide bonds. The van der Waals surface area contributed by atoms with Crippen LogP contribution in [0.3, 0.4) is 0 Å². The molecule has 4 aromatic rings. The van der Waals surface area contributed by atoms with E-state index >= 15 is 0 Å². The zero-order chi connectivity index (χ0) is 28.1. The third-order valence-electron chi connectivity index (χ3n) is 7.57. The number of carbonyl (C=O) groups is 2. The van der Waals surface area contributed by atoms with Gasteiger partial charge >= 0.3 is 0 Å². The summed E-state index contributed by atoms with van der Waals surface area (Å²) in [5, 5.41) is 11.3. The molecule has 1 fully saturated rings. The smallest absolute Gasteiger partial charge is 0.250 e. The predicted octanol–water partition coefficient (Wildman–Crippen LogP) is 4.24. The fraction of sp³-hybridized carbons (Fsp3) is 0.333. The maximum Gasteiger partial charge on any atom is 0.250 e. The first-order valence-corrected chi connectivity index (χ1v) is 13.5. The highest BCUT2D eigenvalue weighted by molar-refractivity contribution is 6.00. The Labute approximate surface area is 232 Å². The van der Waals surface area contributed by atoms with Gasteiger partial charge in [-0.2, -0.15) is 0 Å². The number of hydrogen-bond donors (Lipinski definition) is 1. The van der Waals surface area contributed by atoms with Crippen molar-refractivity contribution in [1.29, 1.82) is 0 Å². The zero-order valence-corrected chi connectivity index (χ0v) is 22.7. The molecule has 1 atom stereocenters. The molecular weight excluding hydrogens is 511 g/mol. The Morgan fingerprint density at radius 2 is 1.73 bits per heavy atom. The first kappa shape index (κ1) is 27.3. The Kier molecular flexibility index (Phi) is 8.06. The van der Waals surface area contributed by atoms with Crippen LogP contribution in [-0.2, 0) is 27.4 Å².